The Labute approximate surface area is 88.3 Å². The van der Waals surface area contributed by atoms with Crippen LogP contribution in [0, 0.1) is 11.2 Å². The van der Waals surface area contributed by atoms with Crippen molar-refractivity contribution >= 4 is 32.9 Å². The van der Waals surface area contributed by atoms with E-state index in [0.29, 0.717) is 10.2 Å². The van der Waals surface area contributed by atoms with Crippen molar-refractivity contribution < 1.29 is 4.39 Å². The molecular formula is C8H8BrFN2S. The van der Waals surface area contributed by atoms with Crippen molar-refractivity contribution in [1.82, 2.24) is 0 Å². The second-order valence-corrected chi connectivity index (χ2v) is 4.36. The van der Waals surface area contributed by atoms with Gasteiger partial charge in [-0.1, -0.05) is 27.7 Å². The molecule has 2 nitrogen and oxygen atoms in total. The van der Waals surface area contributed by atoms with Gasteiger partial charge in [-0.3, -0.25) is 5.41 Å². The van der Waals surface area contributed by atoms with Gasteiger partial charge in [0.1, 0.15) is 5.82 Å². The lowest BCUT2D eigenvalue weighted by molar-refractivity contribution is 0.625. The first-order valence-electron chi connectivity index (χ1n) is 3.50. The maximum absolute atomic E-state index is 12.8. The van der Waals surface area contributed by atoms with E-state index < -0.39 is 0 Å². The molecule has 1 rings (SSSR count). The quantitative estimate of drug-likeness (QED) is 0.636. The summed E-state index contributed by atoms with van der Waals surface area (Å²) in [4.78, 5) is 0. The van der Waals surface area contributed by atoms with Crippen LogP contribution in [-0.2, 0) is 5.75 Å². The Bertz CT molecular complexity index is 310. The molecule has 1 aromatic rings. The van der Waals surface area contributed by atoms with Crippen molar-refractivity contribution in [2.24, 2.45) is 5.73 Å². The van der Waals surface area contributed by atoms with Gasteiger partial charge in [-0.05, 0) is 23.8 Å². The first kappa shape index (κ1) is 10.5. The molecule has 0 amide bonds. The molecule has 0 saturated heterocycles. The van der Waals surface area contributed by atoms with E-state index in [1.165, 1.54) is 23.9 Å². The second-order valence-electron chi connectivity index (χ2n) is 2.43. The Morgan fingerprint density at radius 2 is 2.23 bits per heavy atom. The number of nitrogens with two attached hydrogens (primary N) is 1. The van der Waals surface area contributed by atoms with Crippen molar-refractivity contribution in [3.63, 3.8) is 0 Å². The molecule has 13 heavy (non-hydrogen) atoms. The predicted molar refractivity (Wildman–Crippen MR) is 57.3 cm³/mol. The average molecular weight is 263 g/mol. The fourth-order valence-electron chi connectivity index (χ4n) is 0.855. The molecule has 70 valence electrons. The Hall–Kier alpha value is -0.550. The molecule has 1 aromatic carbocycles. The zero-order valence-corrected chi connectivity index (χ0v) is 9.08. The molecule has 0 saturated carbocycles. The lowest BCUT2D eigenvalue weighted by atomic mass is 10.2. The van der Waals surface area contributed by atoms with E-state index in [1.54, 1.807) is 6.07 Å². The van der Waals surface area contributed by atoms with Crippen molar-refractivity contribution in [1.29, 1.82) is 5.41 Å². The van der Waals surface area contributed by atoms with Crippen molar-refractivity contribution in [3.8, 4) is 0 Å². The number of rotatable bonds is 2. The van der Waals surface area contributed by atoms with Gasteiger partial charge in [-0.25, -0.2) is 4.39 Å². The number of nitrogens with one attached hydrogen (secondary N) is 1. The minimum Gasteiger partial charge on any atom is -0.379 e. The van der Waals surface area contributed by atoms with Crippen molar-refractivity contribution in [2.75, 3.05) is 0 Å². The highest BCUT2D eigenvalue weighted by molar-refractivity contribution is 9.10. The van der Waals surface area contributed by atoms with E-state index >= 15 is 0 Å². The summed E-state index contributed by atoms with van der Waals surface area (Å²) < 4.78 is 13.5. The van der Waals surface area contributed by atoms with Gasteiger partial charge in [0.05, 0.1) is 0 Å². The molecule has 0 aliphatic rings. The molecule has 5 heteroatoms. The van der Waals surface area contributed by atoms with Gasteiger partial charge in [0.25, 0.3) is 0 Å². The number of hydrogen-bond donors (Lipinski definition) is 2. The molecule has 0 aliphatic heterocycles. The molecule has 0 aliphatic carbocycles. The van der Waals surface area contributed by atoms with Crippen LogP contribution in [0.2, 0.25) is 0 Å². The summed E-state index contributed by atoms with van der Waals surface area (Å²) in [6, 6.07) is 4.63. The van der Waals surface area contributed by atoms with Crippen LogP contribution >= 0.6 is 27.7 Å². The highest BCUT2D eigenvalue weighted by Crippen LogP contribution is 2.18. The van der Waals surface area contributed by atoms with Crippen molar-refractivity contribution in [3.05, 3.63) is 34.1 Å². The lowest BCUT2D eigenvalue weighted by Crippen LogP contribution is -2.03. The van der Waals surface area contributed by atoms with E-state index in [2.05, 4.69) is 15.9 Å². The predicted octanol–water partition coefficient (Wildman–Crippen LogP) is 2.71. The summed E-state index contributed by atoms with van der Waals surface area (Å²) in [7, 11) is 0. The summed E-state index contributed by atoms with van der Waals surface area (Å²) in [6.07, 6.45) is 0. The normalized spacial score (nSPS) is 10.0. The van der Waals surface area contributed by atoms with Crippen LogP contribution in [0.4, 0.5) is 4.39 Å². The number of hydrogen-bond acceptors (Lipinski definition) is 2. The maximum Gasteiger partial charge on any atom is 0.151 e. The van der Waals surface area contributed by atoms with Gasteiger partial charge in [-0.2, -0.15) is 0 Å². The smallest absolute Gasteiger partial charge is 0.151 e. The van der Waals surface area contributed by atoms with Gasteiger partial charge in [-0.15, -0.1) is 0 Å². The molecule has 0 fully saturated rings. The topological polar surface area (TPSA) is 49.9 Å². The number of benzene rings is 1. The first-order chi connectivity index (χ1) is 6.08. The van der Waals surface area contributed by atoms with Crippen LogP contribution in [0.25, 0.3) is 0 Å². The minimum absolute atomic E-state index is 0.0420. The van der Waals surface area contributed by atoms with Crippen molar-refractivity contribution in [2.45, 2.75) is 5.75 Å². The third-order valence-electron chi connectivity index (χ3n) is 1.32. The van der Waals surface area contributed by atoms with Crippen LogP contribution < -0.4 is 5.73 Å². The number of thioether (sulfide) groups is 1. The standard InChI is InChI=1S/C8H8BrFN2S/c9-6-1-5(2-7(10)3-6)4-13-8(11)12/h1-3H,4H2,(H3,11,12). The zero-order valence-electron chi connectivity index (χ0n) is 6.68. The Morgan fingerprint density at radius 3 is 2.77 bits per heavy atom. The fourth-order valence-corrected chi connectivity index (χ4v) is 1.86. The fraction of sp³-hybridized carbons (Fsp3) is 0.125. The van der Waals surface area contributed by atoms with E-state index in [-0.39, 0.29) is 11.0 Å². The van der Waals surface area contributed by atoms with Gasteiger partial charge < -0.3 is 5.73 Å². The highest BCUT2D eigenvalue weighted by Gasteiger charge is 2.00. The summed E-state index contributed by atoms with van der Waals surface area (Å²) >= 11 is 4.36. The van der Waals surface area contributed by atoms with E-state index in [9.17, 15) is 4.39 Å². The maximum atomic E-state index is 12.8. The molecule has 0 unspecified atom stereocenters. The molecule has 0 bridgehead atoms. The molecule has 0 spiro atoms. The Kier molecular flexibility index (Phi) is 3.74. The van der Waals surface area contributed by atoms with Crippen LogP contribution in [0.3, 0.4) is 0 Å². The van der Waals surface area contributed by atoms with Crippen LogP contribution in [0.5, 0.6) is 0 Å². The van der Waals surface area contributed by atoms with E-state index in [4.69, 9.17) is 11.1 Å². The molecule has 3 N–H and O–H groups in total. The number of amidine groups is 1. The summed E-state index contributed by atoms with van der Waals surface area (Å²) in [5.74, 6) is 0.236. The minimum atomic E-state index is -0.284. The third-order valence-corrected chi connectivity index (χ3v) is 2.56. The molecule has 0 heterocycles. The largest absolute Gasteiger partial charge is 0.379 e. The number of halogens is 2. The second kappa shape index (κ2) is 4.62. The van der Waals surface area contributed by atoms with E-state index in [0.717, 1.165) is 5.56 Å². The molecular weight excluding hydrogens is 255 g/mol. The summed E-state index contributed by atoms with van der Waals surface area (Å²) in [6.45, 7) is 0. The Morgan fingerprint density at radius 1 is 1.54 bits per heavy atom. The van der Waals surface area contributed by atoms with Crippen LogP contribution in [0.1, 0.15) is 5.56 Å². The molecule has 0 aromatic heterocycles. The van der Waals surface area contributed by atoms with Gasteiger partial charge >= 0.3 is 0 Å². The molecule has 0 radical (unpaired) electrons. The van der Waals surface area contributed by atoms with Gasteiger partial charge in [0.2, 0.25) is 0 Å². The van der Waals surface area contributed by atoms with Gasteiger partial charge in [0.15, 0.2) is 5.17 Å². The SMILES string of the molecule is N=C(N)SCc1cc(F)cc(Br)c1. The van der Waals surface area contributed by atoms with Gasteiger partial charge in [0, 0.05) is 10.2 Å². The third kappa shape index (κ3) is 3.78. The monoisotopic (exact) mass is 262 g/mol. The summed E-state index contributed by atoms with van der Waals surface area (Å²) in [5, 5.41) is 7.03. The highest BCUT2D eigenvalue weighted by atomic mass is 79.9. The average Bonchev–Trinajstić information content (AvgIpc) is 1.99. The van der Waals surface area contributed by atoms with E-state index in [1.807, 2.05) is 0 Å². The van der Waals surface area contributed by atoms with Crippen LogP contribution in [-0.4, -0.2) is 5.17 Å². The first-order valence-corrected chi connectivity index (χ1v) is 5.27. The molecule has 0 atom stereocenters. The van der Waals surface area contributed by atoms with Crippen LogP contribution in [0.15, 0.2) is 22.7 Å². The lowest BCUT2D eigenvalue weighted by Gasteiger charge is -2.01. The Balaban J connectivity index is 2.71. The zero-order chi connectivity index (χ0) is 9.84. The summed E-state index contributed by atoms with van der Waals surface area (Å²) in [5.41, 5.74) is 5.97.